The molecule has 0 heterocycles. The highest BCUT2D eigenvalue weighted by atomic mass is 16.2. The van der Waals surface area contributed by atoms with Gasteiger partial charge in [0.05, 0.1) is 5.41 Å². The van der Waals surface area contributed by atoms with Crippen molar-refractivity contribution in [3.05, 3.63) is 35.4 Å². The van der Waals surface area contributed by atoms with Gasteiger partial charge in [-0.25, -0.2) is 0 Å². The molecule has 0 aliphatic heterocycles. The Labute approximate surface area is 114 Å². The molecular weight excluding hydrogens is 234 g/mol. The summed E-state index contributed by atoms with van der Waals surface area (Å²) >= 11 is 0. The average molecular weight is 255 g/mol. The summed E-state index contributed by atoms with van der Waals surface area (Å²) in [6.45, 7) is 2.31. The molecule has 3 aliphatic rings. The summed E-state index contributed by atoms with van der Waals surface area (Å²) in [6.07, 6.45) is 5.60. The zero-order valence-electron chi connectivity index (χ0n) is 11.5. The average Bonchev–Trinajstić information content (AvgIpc) is 3.23. The van der Waals surface area contributed by atoms with E-state index in [9.17, 15) is 4.79 Å². The normalized spacial score (nSPS) is 38.7. The Morgan fingerprint density at radius 3 is 2.74 bits per heavy atom. The lowest BCUT2D eigenvalue weighted by Crippen LogP contribution is -2.38. The molecule has 3 aliphatic carbocycles. The minimum atomic E-state index is 0.109. The molecule has 1 aromatic rings. The van der Waals surface area contributed by atoms with Gasteiger partial charge in [-0.05, 0) is 55.1 Å². The smallest absolute Gasteiger partial charge is 0.226 e. The molecule has 4 rings (SSSR count). The van der Waals surface area contributed by atoms with Crippen LogP contribution in [0.1, 0.15) is 49.7 Å². The lowest BCUT2D eigenvalue weighted by atomic mass is 9.95. The van der Waals surface area contributed by atoms with Gasteiger partial charge >= 0.3 is 0 Å². The number of hydrogen-bond acceptors (Lipinski definition) is 1. The number of amides is 1. The molecule has 2 heteroatoms. The standard InChI is InChI=1S/C17H21NO/c1-11-6-7-14(8-12-4-2-3-5-15(11)12)18-16(19)17-9-13(17)10-17/h2-5,11,13-14H,6-10H2,1H3,(H,18,19). The molecule has 0 radical (unpaired) electrons. The third-order valence-corrected chi connectivity index (χ3v) is 5.47. The summed E-state index contributed by atoms with van der Waals surface area (Å²) in [4.78, 5) is 12.2. The van der Waals surface area contributed by atoms with Crippen LogP contribution in [0.3, 0.4) is 0 Å². The zero-order chi connectivity index (χ0) is 13.0. The van der Waals surface area contributed by atoms with Crippen molar-refractivity contribution in [3.8, 4) is 0 Å². The number of fused-ring (bicyclic) bond motifs is 2. The molecule has 2 unspecified atom stereocenters. The van der Waals surface area contributed by atoms with Crippen molar-refractivity contribution in [2.45, 2.75) is 51.0 Å². The zero-order valence-corrected chi connectivity index (χ0v) is 11.5. The largest absolute Gasteiger partial charge is 0.353 e. The summed E-state index contributed by atoms with van der Waals surface area (Å²) in [5.41, 5.74) is 3.02. The first-order valence-corrected chi connectivity index (χ1v) is 7.58. The number of benzene rings is 1. The van der Waals surface area contributed by atoms with Gasteiger partial charge in [0.1, 0.15) is 0 Å². The third kappa shape index (κ3) is 1.80. The maximum atomic E-state index is 12.2. The summed E-state index contributed by atoms with van der Waals surface area (Å²) < 4.78 is 0. The van der Waals surface area contributed by atoms with Gasteiger partial charge in [0.2, 0.25) is 5.91 Å². The highest BCUT2D eigenvalue weighted by Crippen LogP contribution is 2.75. The lowest BCUT2D eigenvalue weighted by Gasteiger charge is -2.18. The van der Waals surface area contributed by atoms with E-state index in [-0.39, 0.29) is 5.41 Å². The van der Waals surface area contributed by atoms with E-state index >= 15 is 0 Å². The van der Waals surface area contributed by atoms with Crippen LogP contribution in [0.5, 0.6) is 0 Å². The molecule has 2 saturated carbocycles. The van der Waals surface area contributed by atoms with Gasteiger partial charge in [-0.15, -0.1) is 0 Å². The molecule has 1 amide bonds. The van der Waals surface area contributed by atoms with E-state index in [1.54, 1.807) is 0 Å². The minimum absolute atomic E-state index is 0.109. The predicted octanol–water partition coefficient (Wildman–Crippen LogP) is 3.02. The first-order valence-electron chi connectivity index (χ1n) is 7.58. The molecule has 2 nitrogen and oxygen atoms in total. The van der Waals surface area contributed by atoms with E-state index in [2.05, 4.69) is 36.5 Å². The molecule has 19 heavy (non-hydrogen) atoms. The predicted molar refractivity (Wildman–Crippen MR) is 74.9 cm³/mol. The Bertz CT molecular complexity index is 530. The van der Waals surface area contributed by atoms with E-state index in [1.807, 2.05) is 0 Å². The number of carbonyl (C=O) groups is 1. The second-order valence-electron chi connectivity index (χ2n) is 6.81. The second-order valence-corrected chi connectivity index (χ2v) is 6.81. The van der Waals surface area contributed by atoms with Crippen LogP contribution in [0.25, 0.3) is 0 Å². The van der Waals surface area contributed by atoms with Gasteiger partial charge in [-0.2, -0.15) is 0 Å². The van der Waals surface area contributed by atoms with E-state index in [0.29, 0.717) is 17.9 Å². The van der Waals surface area contributed by atoms with Crippen LogP contribution >= 0.6 is 0 Å². The number of rotatable bonds is 2. The molecule has 0 aromatic heterocycles. The van der Waals surface area contributed by atoms with Crippen LogP contribution in [0.15, 0.2) is 24.3 Å². The first-order chi connectivity index (χ1) is 9.19. The van der Waals surface area contributed by atoms with Crippen LogP contribution in [0.4, 0.5) is 0 Å². The molecule has 100 valence electrons. The molecule has 0 spiro atoms. The van der Waals surface area contributed by atoms with Crippen molar-refractivity contribution in [2.75, 3.05) is 0 Å². The maximum Gasteiger partial charge on any atom is 0.226 e. The van der Waals surface area contributed by atoms with E-state index in [0.717, 1.165) is 31.6 Å². The van der Waals surface area contributed by atoms with Crippen molar-refractivity contribution >= 4 is 5.91 Å². The van der Waals surface area contributed by atoms with Crippen molar-refractivity contribution in [2.24, 2.45) is 11.3 Å². The topological polar surface area (TPSA) is 29.1 Å². The van der Waals surface area contributed by atoms with Crippen LogP contribution in [0, 0.1) is 11.3 Å². The van der Waals surface area contributed by atoms with Gasteiger partial charge in [-0.3, -0.25) is 4.79 Å². The fraction of sp³-hybridized carbons (Fsp3) is 0.588. The van der Waals surface area contributed by atoms with Gasteiger partial charge in [0, 0.05) is 6.04 Å². The number of hydrogen-bond donors (Lipinski definition) is 1. The molecule has 1 N–H and O–H groups in total. The Balaban J connectivity index is 1.51. The fourth-order valence-electron chi connectivity index (χ4n) is 3.70. The van der Waals surface area contributed by atoms with E-state index in [1.165, 1.54) is 17.5 Å². The molecule has 0 saturated heterocycles. The van der Waals surface area contributed by atoms with Crippen LogP contribution < -0.4 is 5.32 Å². The Hall–Kier alpha value is -1.31. The highest BCUT2D eigenvalue weighted by molar-refractivity contribution is 5.90. The quantitative estimate of drug-likeness (QED) is 0.809. The molecule has 2 fully saturated rings. The monoisotopic (exact) mass is 255 g/mol. The Morgan fingerprint density at radius 1 is 1.26 bits per heavy atom. The van der Waals surface area contributed by atoms with Crippen LogP contribution in [0.2, 0.25) is 0 Å². The maximum absolute atomic E-state index is 12.2. The molecular formula is C17H21NO. The third-order valence-electron chi connectivity index (χ3n) is 5.47. The number of nitrogens with one attached hydrogen (secondary N) is 1. The summed E-state index contributed by atoms with van der Waals surface area (Å²) in [5, 5.41) is 3.33. The lowest BCUT2D eigenvalue weighted by molar-refractivity contribution is -0.125. The summed E-state index contributed by atoms with van der Waals surface area (Å²) in [6, 6.07) is 9.07. The van der Waals surface area contributed by atoms with E-state index < -0.39 is 0 Å². The molecule has 1 aromatic carbocycles. The Kier molecular flexibility index (Phi) is 2.33. The SMILES string of the molecule is CC1CCC(NC(=O)C23CC2C3)Cc2ccccc21. The highest BCUT2D eigenvalue weighted by Gasteiger charge is 2.74. The summed E-state index contributed by atoms with van der Waals surface area (Å²) in [5.74, 6) is 1.70. The first kappa shape index (κ1) is 11.5. The van der Waals surface area contributed by atoms with Gasteiger partial charge in [0.15, 0.2) is 0 Å². The van der Waals surface area contributed by atoms with Crippen molar-refractivity contribution in [3.63, 3.8) is 0 Å². The fourth-order valence-corrected chi connectivity index (χ4v) is 3.70. The van der Waals surface area contributed by atoms with Gasteiger partial charge < -0.3 is 5.32 Å². The van der Waals surface area contributed by atoms with Gasteiger partial charge in [-0.1, -0.05) is 31.2 Å². The van der Waals surface area contributed by atoms with Crippen molar-refractivity contribution in [1.82, 2.24) is 5.32 Å². The minimum Gasteiger partial charge on any atom is -0.353 e. The van der Waals surface area contributed by atoms with Crippen LogP contribution in [-0.4, -0.2) is 11.9 Å². The Morgan fingerprint density at radius 2 is 2.00 bits per heavy atom. The van der Waals surface area contributed by atoms with Crippen molar-refractivity contribution < 1.29 is 4.79 Å². The van der Waals surface area contributed by atoms with E-state index in [4.69, 9.17) is 0 Å². The summed E-state index contributed by atoms with van der Waals surface area (Å²) in [7, 11) is 0. The molecule has 2 atom stereocenters. The molecule has 0 bridgehead atoms. The number of carbonyl (C=O) groups excluding carboxylic acids is 1. The van der Waals surface area contributed by atoms with Crippen molar-refractivity contribution in [1.29, 1.82) is 0 Å². The second kappa shape index (κ2) is 3.84. The van der Waals surface area contributed by atoms with Crippen LogP contribution in [-0.2, 0) is 11.2 Å². The van der Waals surface area contributed by atoms with Gasteiger partial charge in [0.25, 0.3) is 0 Å².